The fourth-order valence-electron chi connectivity index (χ4n) is 2.13. The smallest absolute Gasteiger partial charge is 0.347 e. The second kappa shape index (κ2) is 5.90. The van der Waals surface area contributed by atoms with Crippen LogP contribution in [0.3, 0.4) is 0 Å². The van der Waals surface area contributed by atoms with Crippen molar-refractivity contribution in [3.63, 3.8) is 0 Å². The van der Waals surface area contributed by atoms with Gasteiger partial charge < -0.3 is 4.90 Å². The van der Waals surface area contributed by atoms with E-state index in [-0.39, 0.29) is 12.5 Å². The number of alkyl halides is 3. The number of hydrogen-bond acceptors (Lipinski definition) is 4. The molecule has 0 saturated carbocycles. The van der Waals surface area contributed by atoms with Gasteiger partial charge in [-0.25, -0.2) is 0 Å². The number of thiophene rings is 1. The Morgan fingerprint density at radius 1 is 1.29 bits per heavy atom. The van der Waals surface area contributed by atoms with Gasteiger partial charge in [-0.05, 0) is 18.2 Å². The molecule has 3 aromatic rings. The van der Waals surface area contributed by atoms with Crippen molar-refractivity contribution in [2.24, 2.45) is 0 Å². The van der Waals surface area contributed by atoms with E-state index in [0.29, 0.717) is 32.8 Å². The first-order valence-electron chi connectivity index (χ1n) is 6.95. The second-order valence-electron chi connectivity index (χ2n) is 5.38. The number of rotatable bonds is 3. The molecule has 126 valence electrons. The number of aromatic nitrogens is 3. The van der Waals surface area contributed by atoms with Gasteiger partial charge in [-0.3, -0.25) is 14.5 Å². The fourth-order valence-corrected chi connectivity index (χ4v) is 2.99. The number of nitrogens with zero attached hydrogens (tertiary/aromatic N) is 4. The summed E-state index contributed by atoms with van der Waals surface area (Å²) in [6.07, 6.45) is -1.33. The van der Waals surface area contributed by atoms with Gasteiger partial charge >= 0.3 is 6.18 Å². The highest BCUT2D eigenvalue weighted by Crippen LogP contribution is 2.38. The molecule has 0 aliphatic rings. The van der Waals surface area contributed by atoms with E-state index in [1.165, 1.54) is 28.0 Å². The van der Waals surface area contributed by atoms with Crippen molar-refractivity contribution in [2.75, 3.05) is 14.1 Å². The van der Waals surface area contributed by atoms with Crippen molar-refractivity contribution >= 4 is 28.3 Å². The maximum Gasteiger partial charge on any atom is 0.425 e. The molecule has 9 heteroatoms. The predicted octanol–water partition coefficient (Wildman–Crippen LogP) is 3.27. The zero-order valence-corrected chi connectivity index (χ0v) is 13.6. The molecule has 0 fully saturated rings. The molecule has 0 aliphatic carbocycles. The van der Waals surface area contributed by atoms with Crippen LogP contribution >= 0.6 is 11.3 Å². The van der Waals surface area contributed by atoms with Gasteiger partial charge in [0.2, 0.25) is 5.91 Å². The molecule has 24 heavy (non-hydrogen) atoms. The average molecular weight is 354 g/mol. The lowest BCUT2D eigenvalue weighted by molar-refractivity contribution is -0.134. The van der Waals surface area contributed by atoms with Gasteiger partial charge in [0.05, 0.1) is 11.7 Å². The third kappa shape index (κ3) is 3.12. The highest BCUT2D eigenvalue weighted by molar-refractivity contribution is 7.15. The van der Waals surface area contributed by atoms with E-state index >= 15 is 0 Å². The number of carbonyl (C=O) groups excluding carboxylic acids is 1. The van der Waals surface area contributed by atoms with Crippen LogP contribution in [0.4, 0.5) is 13.2 Å². The average Bonchev–Trinajstić information content (AvgIpc) is 3.13. The minimum atomic E-state index is -4.36. The molecule has 0 N–H and O–H groups in total. The lowest BCUT2D eigenvalue weighted by atomic mass is 10.2. The number of carbonyl (C=O) groups is 1. The van der Waals surface area contributed by atoms with Crippen LogP contribution in [-0.4, -0.2) is 39.7 Å². The first kappa shape index (κ1) is 16.4. The zero-order chi connectivity index (χ0) is 17.5. The van der Waals surface area contributed by atoms with Gasteiger partial charge in [-0.15, -0.1) is 11.3 Å². The Morgan fingerprint density at radius 3 is 2.67 bits per heavy atom. The Labute approximate surface area is 139 Å². The first-order chi connectivity index (χ1) is 11.3. The molecule has 0 saturated heterocycles. The lowest BCUT2D eigenvalue weighted by Gasteiger charge is -2.10. The predicted molar refractivity (Wildman–Crippen MR) is 84.5 cm³/mol. The van der Waals surface area contributed by atoms with Crippen LogP contribution in [0.5, 0.6) is 0 Å². The lowest BCUT2D eigenvalue weighted by Crippen LogP contribution is -2.26. The number of hydrogen-bond donors (Lipinski definition) is 0. The fraction of sp³-hybridized carbons (Fsp3) is 0.267. The third-order valence-electron chi connectivity index (χ3n) is 3.45. The quantitative estimate of drug-likeness (QED) is 0.725. The van der Waals surface area contributed by atoms with E-state index in [1.54, 1.807) is 20.2 Å². The highest BCUT2D eigenvalue weighted by atomic mass is 32.1. The highest BCUT2D eigenvalue weighted by Gasteiger charge is 2.32. The summed E-state index contributed by atoms with van der Waals surface area (Å²) in [5.74, 6) is -0.138. The Balaban J connectivity index is 1.98. The van der Waals surface area contributed by atoms with Gasteiger partial charge in [0, 0.05) is 30.7 Å². The van der Waals surface area contributed by atoms with Crippen LogP contribution in [0.15, 0.2) is 30.6 Å². The first-order valence-corrected chi connectivity index (χ1v) is 7.76. The van der Waals surface area contributed by atoms with E-state index in [1.807, 2.05) is 0 Å². The molecular formula is C15H13F3N4OS. The van der Waals surface area contributed by atoms with Gasteiger partial charge in [-0.2, -0.15) is 18.3 Å². The Kier molecular flexibility index (Phi) is 4.04. The number of pyridine rings is 1. The number of likely N-dealkylation sites (N-methyl/N-ethyl adjacent to an activating group) is 1. The van der Waals surface area contributed by atoms with Crippen LogP contribution in [0.1, 0.15) is 4.88 Å². The van der Waals surface area contributed by atoms with E-state index < -0.39 is 11.1 Å². The van der Waals surface area contributed by atoms with Gasteiger partial charge in [-0.1, -0.05) is 0 Å². The molecule has 0 spiro atoms. The summed E-state index contributed by atoms with van der Waals surface area (Å²) in [7, 11) is 3.28. The molecular weight excluding hydrogens is 341 g/mol. The monoisotopic (exact) mass is 354 g/mol. The van der Waals surface area contributed by atoms with Crippen molar-refractivity contribution in [1.29, 1.82) is 0 Å². The maximum absolute atomic E-state index is 12.7. The van der Waals surface area contributed by atoms with E-state index in [0.717, 1.165) is 6.07 Å². The van der Waals surface area contributed by atoms with E-state index in [9.17, 15) is 18.0 Å². The normalized spacial score (nSPS) is 11.9. The summed E-state index contributed by atoms with van der Waals surface area (Å²) >= 11 is 0.659. The van der Waals surface area contributed by atoms with Crippen LogP contribution in [-0.2, 0) is 17.5 Å². The summed E-state index contributed by atoms with van der Waals surface area (Å²) in [6, 6.07) is 4.17. The van der Waals surface area contributed by atoms with Crippen LogP contribution in [0, 0.1) is 0 Å². The van der Waals surface area contributed by atoms with E-state index in [2.05, 4.69) is 10.1 Å². The molecule has 0 radical (unpaired) electrons. The Bertz CT molecular complexity index is 898. The topological polar surface area (TPSA) is 51.0 Å². The standard InChI is InChI=1S/C15H13F3N4OS/c1-21(2)14(23)8-22-11-5-9(6-19-10(11)7-20-22)12-3-4-13(24-12)15(16,17)18/h3-7H,8H2,1-2H3. The molecule has 1 amide bonds. The van der Waals surface area contributed by atoms with E-state index in [4.69, 9.17) is 0 Å². The van der Waals surface area contributed by atoms with Crippen molar-refractivity contribution < 1.29 is 18.0 Å². The van der Waals surface area contributed by atoms with Crippen molar-refractivity contribution in [2.45, 2.75) is 12.7 Å². The van der Waals surface area contributed by atoms with Gasteiger partial charge in [0.15, 0.2) is 0 Å². The summed E-state index contributed by atoms with van der Waals surface area (Å²) in [6.45, 7) is 0.0415. The number of halogens is 3. The minimum absolute atomic E-state index is 0.0415. The molecule has 0 aliphatic heterocycles. The molecule has 0 aromatic carbocycles. The summed E-state index contributed by atoms with van der Waals surface area (Å²) < 4.78 is 39.7. The molecule has 0 unspecified atom stereocenters. The molecule has 3 aromatic heterocycles. The summed E-state index contributed by atoms with van der Waals surface area (Å²) in [4.78, 5) is 17.3. The number of fused-ring (bicyclic) bond motifs is 1. The van der Waals surface area contributed by atoms with Crippen molar-refractivity contribution in [1.82, 2.24) is 19.7 Å². The zero-order valence-electron chi connectivity index (χ0n) is 12.8. The second-order valence-corrected chi connectivity index (χ2v) is 6.46. The number of amides is 1. The van der Waals surface area contributed by atoms with Crippen LogP contribution in [0.25, 0.3) is 21.5 Å². The van der Waals surface area contributed by atoms with Crippen molar-refractivity contribution in [3.05, 3.63) is 35.5 Å². The van der Waals surface area contributed by atoms with Crippen LogP contribution < -0.4 is 0 Å². The van der Waals surface area contributed by atoms with Crippen LogP contribution in [0.2, 0.25) is 0 Å². The summed E-state index contributed by atoms with van der Waals surface area (Å²) in [5.41, 5.74) is 1.74. The molecule has 0 bridgehead atoms. The van der Waals surface area contributed by atoms with Crippen molar-refractivity contribution in [3.8, 4) is 10.4 Å². The van der Waals surface area contributed by atoms with Gasteiger partial charge in [0.25, 0.3) is 0 Å². The SMILES string of the molecule is CN(C)C(=O)Cn1ncc2ncc(-c3ccc(C(F)(F)F)s3)cc21. The molecule has 5 nitrogen and oxygen atoms in total. The largest absolute Gasteiger partial charge is 0.425 e. The minimum Gasteiger partial charge on any atom is -0.347 e. The molecule has 3 heterocycles. The Hall–Kier alpha value is -2.42. The Morgan fingerprint density at radius 2 is 2.04 bits per heavy atom. The third-order valence-corrected chi connectivity index (χ3v) is 4.63. The molecule has 0 atom stereocenters. The van der Waals surface area contributed by atoms with Gasteiger partial charge in [0.1, 0.15) is 16.9 Å². The molecule has 3 rings (SSSR count). The maximum atomic E-state index is 12.7. The summed E-state index contributed by atoms with van der Waals surface area (Å²) in [5, 5.41) is 4.13.